The van der Waals surface area contributed by atoms with Crippen molar-refractivity contribution in [3.8, 4) is 0 Å². The summed E-state index contributed by atoms with van der Waals surface area (Å²) in [5, 5.41) is 0.155. The highest BCUT2D eigenvalue weighted by Crippen LogP contribution is 2.30. The number of aryl methyl sites for hydroxylation is 1. The summed E-state index contributed by atoms with van der Waals surface area (Å²) < 4.78 is 32.6. The van der Waals surface area contributed by atoms with E-state index in [1.807, 2.05) is 0 Å². The maximum absolute atomic E-state index is 12.4. The molecule has 3 aromatic rings. The third kappa shape index (κ3) is 2.77. The standard InChI is InChI=1S/C14H10Cl2N2O3S/c1-8-17-11-7-9(5-6-12(11)21-8)18-22(19,20)13-4-2-3-10(15)14(13)16/h2-7,18H,1H3. The molecule has 8 heteroatoms. The Morgan fingerprint density at radius 1 is 1.18 bits per heavy atom. The first-order valence-corrected chi connectivity index (χ1v) is 8.45. The second kappa shape index (κ2) is 5.46. The Kier molecular flexibility index (Phi) is 3.76. The van der Waals surface area contributed by atoms with Gasteiger partial charge in [-0.1, -0.05) is 29.3 Å². The van der Waals surface area contributed by atoms with Gasteiger partial charge in [0, 0.05) is 6.92 Å². The molecule has 0 radical (unpaired) electrons. The summed E-state index contributed by atoms with van der Waals surface area (Å²) in [7, 11) is -3.85. The van der Waals surface area contributed by atoms with Crippen molar-refractivity contribution in [3.05, 3.63) is 52.3 Å². The van der Waals surface area contributed by atoms with Crippen LogP contribution < -0.4 is 4.72 Å². The zero-order chi connectivity index (χ0) is 15.9. The van der Waals surface area contributed by atoms with Gasteiger partial charge in [0.15, 0.2) is 11.5 Å². The zero-order valence-corrected chi connectivity index (χ0v) is 13.6. The molecule has 22 heavy (non-hydrogen) atoms. The van der Waals surface area contributed by atoms with Gasteiger partial charge in [-0.05, 0) is 30.3 Å². The number of anilines is 1. The molecule has 0 spiro atoms. The van der Waals surface area contributed by atoms with Crippen LogP contribution in [0.5, 0.6) is 0 Å². The van der Waals surface area contributed by atoms with Gasteiger partial charge in [0.1, 0.15) is 10.4 Å². The van der Waals surface area contributed by atoms with Crippen LogP contribution >= 0.6 is 23.2 Å². The van der Waals surface area contributed by atoms with E-state index in [0.29, 0.717) is 22.7 Å². The highest BCUT2D eigenvalue weighted by molar-refractivity contribution is 7.92. The molecule has 0 saturated heterocycles. The molecule has 0 atom stereocenters. The Morgan fingerprint density at radius 2 is 1.95 bits per heavy atom. The lowest BCUT2D eigenvalue weighted by atomic mass is 10.3. The predicted molar refractivity (Wildman–Crippen MR) is 86.0 cm³/mol. The molecule has 5 nitrogen and oxygen atoms in total. The number of halogens is 2. The van der Waals surface area contributed by atoms with Gasteiger partial charge in [0.2, 0.25) is 0 Å². The number of sulfonamides is 1. The van der Waals surface area contributed by atoms with Crippen LogP contribution in [0, 0.1) is 6.92 Å². The lowest BCUT2D eigenvalue weighted by molar-refractivity contribution is 0.561. The highest BCUT2D eigenvalue weighted by Gasteiger charge is 2.20. The number of hydrogen-bond donors (Lipinski definition) is 1. The van der Waals surface area contributed by atoms with Gasteiger partial charge in [-0.15, -0.1) is 0 Å². The average Bonchev–Trinajstić information content (AvgIpc) is 2.80. The lowest BCUT2D eigenvalue weighted by Gasteiger charge is -2.10. The molecular weight excluding hydrogens is 347 g/mol. The Hall–Kier alpha value is -1.76. The molecule has 3 rings (SSSR count). The number of nitrogens with zero attached hydrogens (tertiary/aromatic N) is 1. The SMILES string of the molecule is Cc1nc2cc(NS(=O)(=O)c3cccc(Cl)c3Cl)ccc2o1. The summed E-state index contributed by atoms with van der Waals surface area (Å²) in [6.07, 6.45) is 0. The quantitative estimate of drug-likeness (QED) is 0.761. The first kappa shape index (κ1) is 15.1. The highest BCUT2D eigenvalue weighted by atomic mass is 35.5. The Balaban J connectivity index is 2.00. The third-order valence-corrected chi connectivity index (χ3v) is 5.31. The van der Waals surface area contributed by atoms with Gasteiger partial charge in [-0.25, -0.2) is 13.4 Å². The van der Waals surface area contributed by atoms with Crippen LogP contribution in [0.4, 0.5) is 5.69 Å². The number of aromatic nitrogens is 1. The Bertz CT molecular complexity index is 967. The van der Waals surface area contributed by atoms with Crippen LogP contribution in [0.1, 0.15) is 5.89 Å². The van der Waals surface area contributed by atoms with E-state index in [9.17, 15) is 8.42 Å². The van der Waals surface area contributed by atoms with Gasteiger partial charge < -0.3 is 4.42 Å². The molecule has 0 unspecified atom stereocenters. The van der Waals surface area contributed by atoms with Crippen molar-refractivity contribution in [2.75, 3.05) is 4.72 Å². The third-order valence-electron chi connectivity index (χ3n) is 2.95. The van der Waals surface area contributed by atoms with E-state index in [1.165, 1.54) is 18.2 Å². The summed E-state index contributed by atoms with van der Waals surface area (Å²) in [5.74, 6) is 0.507. The summed E-state index contributed by atoms with van der Waals surface area (Å²) in [5.41, 5.74) is 1.51. The van der Waals surface area contributed by atoms with Crippen molar-refractivity contribution in [2.24, 2.45) is 0 Å². The molecule has 0 amide bonds. The largest absolute Gasteiger partial charge is 0.441 e. The van der Waals surface area contributed by atoms with E-state index in [4.69, 9.17) is 27.6 Å². The van der Waals surface area contributed by atoms with Gasteiger partial charge in [0.25, 0.3) is 10.0 Å². The molecule has 0 aliphatic carbocycles. The second-order valence-electron chi connectivity index (χ2n) is 4.57. The fraction of sp³-hybridized carbons (Fsp3) is 0.0714. The van der Waals surface area contributed by atoms with E-state index in [0.717, 1.165) is 0 Å². The first-order valence-electron chi connectivity index (χ1n) is 6.21. The Labute approximate surface area is 136 Å². The van der Waals surface area contributed by atoms with Crippen molar-refractivity contribution < 1.29 is 12.8 Å². The molecule has 0 saturated carbocycles. The van der Waals surface area contributed by atoms with Crippen molar-refractivity contribution in [1.29, 1.82) is 0 Å². The van der Waals surface area contributed by atoms with Gasteiger partial charge in [0.05, 0.1) is 15.7 Å². The molecule has 0 aliphatic rings. The molecule has 0 fully saturated rings. The van der Waals surface area contributed by atoms with Crippen molar-refractivity contribution >= 4 is 50.0 Å². The minimum absolute atomic E-state index is 0.0185. The van der Waals surface area contributed by atoms with E-state index in [2.05, 4.69) is 9.71 Å². The monoisotopic (exact) mass is 356 g/mol. The summed E-state index contributed by atoms with van der Waals surface area (Å²) in [6.45, 7) is 1.72. The van der Waals surface area contributed by atoms with Crippen LogP contribution in [0.2, 0.25) is 10.0 Å². The van der Waals surface area contributed by atoms with E-state index >= 15 is 0 Å². The van der Waals surface area contributed by atoms with Crippen molar-refractivity contribution in [3.63, 3.8) is 0 Å². The lowest BCUT2D eigenvalue weighted by Crippen LogP contribution is -2.13. The maximum atomic E-state index is 12.4. The minimum Gasteiger partial charge on any atom is -0.441 e. The van der Waals surface area contributed by atoms with E-state index in [1.54, 1.807) is 25.1 Å². The first-order chi connectivity index (χ1) is 10.4. The zero-order valence-electron chi connectivity index (χ0n) is 11.3. The van der Waals surface area contributed by atoms with Gasteiger partial charge in [-0.2, -0.15) is 0 Å². The minimum atomic E-state index is -3.85. The van der Waals surface area contributed by atoms with E-state index < -0.39 is 10.0 Å². The molecular formula is C14H10Cl2N2O3S. The number of rotatable bonds is 3. The molecule has 0 bridgehead atoms. The fourth-order valence-corrected chi connectivity index (χ4v) is 3.82. The summed E-state index contributed by atoms with van der Waals surface area (Å²) in [6, 6.07) is 9.24. The van der Waals surface area contributed by atoms with E-state index in [-0.39, 0.29) is 14.9 Å². The summed E-state index contributed by atoms with van der Waals surface area (Å²) in [4.78, 5) is 4.07. The number of hydrogen-bond acceptors (Lipinski definition) is 4. The van der Waals surface area contributed by atoms with Crippen molar-refractivity contribution in [2.45, 2.75) is 11.8 Å². The molecule has 1 heterocycles. The average molecular weight is 357 g/mol. The van der Waals surface area contributed by atoms with Gasteiger partial charge in [-0.3, -0.25) is 4.72 Å². The number of nitrogens with one attached hydrogen (secondary N) is 1. The van der Waals surface area contributed by atoms with Crippen LogP contribution in [-0.2, 0) is 10.0 Å². The smallest absolute Gasteiger partial charge is 0.263 e. The molecule has 1 N–H and O–H groups in total. The molecule has 2 aromatic carbocycles. The van der Waals surface area contributed by atoms with Crippen LogP contribution in [0.25, 0.3) is 11.1 Å². The number of fused-ring (bicyclic) bond motifs is 1. The topological polar surface area (TPSA) is 72.2 Å². The molecule has 1 aromatic heterocycles. The van der Waals surface area contributed by atoms with Crippen molar-refractivity contribution in [1.82, 2.24) is 4.98 Å². The van der Waals surface area contributed by atoms with Crippen LogP contribution in [0.3, 0.4) is 0 Å². The fourth-order valence-electron chi connectivity index (χ4n) is 2.01. The number of benzene rings is 2. The predicted octanol–water partition coefficient (Wildman–Crippen LogP) is 4.24. The summed E-state index contributed by atoms with van der Waals surface area (Å²) >= 11 is 11.8. The van der Waals surface area contributed by atoms with Crippen LogP contribution in [0.15, 0.2) is 45.7 Å². The normalized spacial score (nSPS) is 11.8. The molecule has 114 valence electrons. The second-order valence-corrected chi connectivity index (χ2v) is 7.01. The maximum Gasteiger partial charge on any atom is 0.263 e. The number of oxazole rings is 1. The molecule has 0 aliphatic heterocycles. The Morgan fingerprint density at radius 3 is 2.73 bits per heavy atom. The van der Waals surface area contributed by atoms with Crippen LogP contribution in [-0.4, -0.2) is 13.4 Å². The van der Waals surface area contributed by atoms with Gasteiger partial charge >= 0.3 is 0 Å².